The Hall–Kier alpha value is -1.89. The molecule has 0 saturated carbocycles. The minimum absolute atomic E-state index is 0.470. The Bertz CT molecular complexity index is 584. The van der Waals surface area contributed by atoms with Crippen LogP contribution in [0.25, 0.3) is 0 Å². The number of hydrogen-bond donors (Lipinski definition) is 1. The Morgan fingerprint density at radius 2 is 1.58 bits per heavy atom. The third-order valence-electron chi connectivity index (χ3n) is 3.56. The highest BCUT2D eigenvalue weighted by atomic mass is 28.3. The van der Waals surface area contributed by atoms with Crippen molar-refractivity contribution in [1.82, 2.24) is 0 Å². The monoisotopic (exact) mass is 267 g/mol. The van der Waals surface area contributed by atoms with Crippen molar-refractivity contribution in [2.45, 2.75) is 18.8 Å². The van der Waals surface area contributed by atoms with Crippen molar-refractivity contribution < 1.29 is 5.11 Å². The second kappa shape index (κ2) is 5.39. The third-order valence-corrected chi connectivity index (χ3v) is 7.08. The molecular formula is C16H17NOSi. The number of benzene rings is 2. The molecule has 0 aliphatic heterocycles. The molecule has 0 unspecified atom stereocenters. The maximum atomic E-state index is 10.6. The zero-order valence-electron chi connectivity index (χ0n) is 11.2. The lowest BCUT2D eigenvalue weighted by molar-refractivity contribution is 0.251. The summed E-state index contributed by atoms with van der Waals surface area (Å²) in [4.78, 5) is 0. The quantitative estimate of drug-likeness (QED) is 0.869. The second-order valence-electron chi connectivity index (χ2n) is 5.22. The highest BCUT2D eigenvalue weighted by Crippen LogP contribution is 2.24. The Morgan fingerprint density at radius 1 is 1.00 bits per heavy atom. The van der Waals surface area contributed by atoms with Crippen LogP contribution in [0.3, 0.4) is 0 Å². The molecule has 0 spiro atoms. The van der Waals surface area contributed by atoms with E-state index in [1.807, 2.05) is 30.3 Å². The summed E-state index contributed by atoms with van der Waals surface area (Å²) < 4.78 is 0. The van der Waals surface area contributed by atoms with Gasteiger partial charge in [-0.05, 0) is 17.7 Å². The molecule has 0 radical (unpaired) electrons. The molecule has 0 amide bonds. The summed E-state index contributed by atoms with van der Waals surface area (Å²) in [5.74, 6) is 0. The van der Waals surface area contributed by atoms with Crippen LogP contribution in [-0.2, 0) is 0 Å². The molecule has 3 heteroatoms. The first-order chi connectivity index (χ1) is 9.05. The van der Waals surface area contributed by atoms with Gasteiger partial charge in [0.15, 0.2) is 0 Å². The molecule has 0 heterocycles. The van der Waals surface area contributed by atoms with Crippen LogP contribution in [-0.4, -0.2) is 13.2 Å². The van der Waals surface area contributed by atoms with Crippen molar-refractivity contribution >= 4 is 13.3 Å². The van der Waals surface area contributed by atoms with E-state index < -0.39 is 13.8 Å². The molecule has 19 heavy (non-hydrogen) atoms. The van der Waals surface area contributed by atoms with E-state index in [2.05, 4.69) is 31.3 Å². The molecule has 1 N–H and O–H groups in total. The molecule has 0 saturated heterocycles. The first kappa shape index (κ1) is 13.5. The number of nitrogens with zero attached hydrogens (tertiary/aromatic N) is 1. The van der Waals surface area contributed by atoms with Crippen LogP contribution in [0.1, 0.15) is 16.9 Å². The highest BCUT2D eigenvalue weighted by molar-refractivity contribution is 6.90. The van der Waals surface area contributed by atoms with E-state index in [-0.39, 0.29) is 0 Å². The van der Waals surface area contributed by atoms with Crippen LogP contribution < -0.4 is 5.19 Å². The summed E-state index contributed by atoms with van der Waals surface area (Å²) in [7, 11) is -1.98. The molecular weight excluding hydrogens is 250 g/mol. The van der Waals surface area contributed by atoms with E-state index in [0.717, 1.165) is 5.56 Å². The van der Waals surface area contributed by atoms with Crippen molar-refractivity contribution in [3.05, 3.63) is 65.7 Å². The van der Waals surface area contributed by atoms with Crippen LogP contribution in [0.5, 0.6) is 0 Å². The summed E-state index contributed by atoms with van der Waals surface area (Å²) in [6.07, 6.45) is 0. The lowest BCUT2D eigenvalue weighted by Gasteiger charge is -2.29. The number of aliphatic hydroxyl groups is 1. The molecule has 2 aromatic carbocycles. The van der Waals surface area contributed by atoms with Gasteiger partial charge in [-0.1, -0.05) is 60.7 Å². The van der Waals surface area contributed by atoms with Crippen LogP contribution in [0.15, 0.2) is 54.6 Å². The largest absolute Gasteiger partial charge is 0.392 e. The van der Waals surface area contributed by atoms with E-state index >= 15 is 0 Å². The standard InChI is InChI=1S/C16H17NOSi/c1-19(2,15-6-4-3-5-7-15)16(18)14-10-8-13(12-17)9-11-14/h3-11,16,18H,1-2H3/t16-/m1/s1. The third kappa shape index (κ3) is 2.76. The van der Waals surface area contributed by atoms with Crippen molar-refractivity contribution in [3.63, 3.8) is 0 Å². The molecule has 0 fully saturated rings. The Balaban J connectivity index is 2.32. The Morgan fingerprint density at radius 3 is 2.11 bits per heavy atom. The van der Waals surface area contributed by atoms with Crippen molar-refractivity contribution in [2.75, 3.05) is 0 Å². The molecule has 1 atom stereocenters. The summed E-state index contributed by atoms with van der Waals surface area (Å²) in [6, 6.07) is 19.5. The van der Waals surface area contributed by atoms with Gasteiger partial charge in [-0.3, -0.25) is 0 Å². The highest BCUT2D eigenvalue weighted by Gasteiger charge is 2.33. The van der Waals surface area contributed by atoms with Gasteiger partial charge in [-0.25, -0.2) is 0 Å². The average Bonchev–Trinajstić information content (AvgIpc) is 2.47. The van der Waals surface area contributed by atoms with Gasteiger partial charge in [0, 0.05) is 0 Å². The molecule has 0 aliphatic rings. The fourth-order valence-corrected chi connectivity index (χ4v) is 4.58. The number of aliphatic hydroxyl groups excluding tert-OH is 1. The van der Waals surface area contributed by atoms with E-state index in [0.29, 0.717) is 5.56 Å². The number of nitriles is 1. The summed E-state index contributed by atoms with van der Waals surface area (Å²) in [5.41, 5.74) is 1.04. The van der Waals surface area contributed by atoms with Crippen LogP contribution in [0.2, 0.25) is 13.1 Å². The molecule has 0 aromatic heterocycles. The first-order valence-corrected chi connectivity index (χ1v) is 9.37. The average molecular weight is 267 g/mol. The summed E-state index contributed by atoms with van der Waals surface area (Å²) in [6.45, 7) is 4.32. The fourth-order valence-electron chi connectivity index (χ4n) is 2.18. The number of hydrogen-bond acceptors (Lipinski definition) is 2. The predicted molar refractivity (Wildman–Crippen MR) is 79.7 cm³/mol. The molecule has 0 bridgehead atoms. The normalized spacial score (nSPS) is 12.7. The molecule has 96 valence electrons. The topological polar surface area (TPSA) is 44.0 Å². The zero-order valence-corrected chi connectivity index (χ0v) is 12.2. The van der Waals surface area contributed by atoms with Crippen molar-refractivity contribution in [2.24, 2.45) is 0 Å². The molecule has 2 aromatic rings. The lowest BCUT2D eigenvalue weighted by atomic mass is 10.1. The van der Waals surface area contributed by atoms with Crippen LogP contribution in [0.4, 0.5) is 0 Å². The van der Waals surface area contributed by atoms with E-state index in [1.165, 1.54) is 5.19 Å². The zero-order chi connectivity index (χ0) is 13.9. The van der Waals surface area contributed by atoms with Crippen LogP contribution >= 0.6 is 0 Å². The molecule has 2 nitrogen and oxygen atoms in total. The summed E-state index contributed by atoms with van der Waals surface area (Å²) in [5, 5.41) is 20.7. The van der Waals surface area contributed by atoms with Gasteiger partial charge < -0.3 is 5.11 Å². The van der Waals surface area contributed by atoms with E-state index in [1.54, 1.807) is 12.1 Å². The number of rotatable bonds is 3. The fraction of sp³-hybridized carbons (Fsp3) is 0.188. The van der Waals surface area contributed by atoms with Gasteiger partial charge in [0.25, 0.3) is 0 Å². The van der Waals surface area contributed by atoms with Gasteiger partial charge in [-0.2, -0.15) is 5.26 Å². The minimum Gasteiger partial charge on any atom is -0.392 e. The van der Waals surface area contributed by atoms with Gasteiger partial charge in [0.05, 0.1) is 17.4 Å². The molecule has 2 rings (SSSR count). The van der Waals surface area contributed by atoms with Gasteiger partial charge in [0.1, 0.15) is 8.07 Å². The van der Waals surface area contributed by atoms with Gasteiger partial charge in [-0.15, -0.1) is 0 Å². The van der Waals surface area contributed by atoms with E-state index in [4.69, 9.17) is 5.26 Å². The first-order valence-electron chi connectivity index (χ1n) is 6.29. The predicted octanol–water partition coefficient (Wildman–Crippen LogP) is 2.75. The van der Waals surface area contributed by atoms with Gasteiger partial charge >= 0.3 is 0 Å². The molecule has 0 aliphatic carbocycles. The summed E-state index contributed by atoms with van der Waals surface area (Å²) >= 11 is 0. The second-order valence-corrected chi connectivity index (χ2v) is 9.79. The Kier molecular flexibility index (Phi) is 3.84. The lowest BCUT2D eigenvalue weighted by Crippen LogP contribution is -2.47. The Labute approximate surface area is 115 Å². The minimum atomic E-state index is -1.98. The van der Waals surface area contributed by atoms with Crippen molar-refractivity contribution in [3.8, 4) is 6.07 Å². The van der Waals surface area contributed by atoms with Crippen LogP contribution in [0, 0.1) is 11.3 Å². The SMILES string of the molecule is C[Si](C)(c1ccccc1)[C@@H](O)c1ccc(C#N)cc1. The smallest absolute Gasteiger partial charge is 0.118 e. The maximum Gasteiger partial charge on any atom is 0.118 e. The van der Waals surface area contributed by atoms with Crippen molar-refractivity contribution in [1.29, 1.82) is 5.26 Å². The maximum absolute atomic E-state index is 10.6. The van der Waals surface area contributed by atoms with Gasteiger partial charge in [0.2, 0.25) is 0 Å². The van der Waals surface area contributed by atoms with E-state index in [9.17, 15) is 5.11 Å².